The normalized spacial score (nSPS) is 22.4. The molecule has 3 heterocycles. The molecule has 1 unspecified atom stereocenters. The molecular formula is C18H23N3O4S3. The molecule has 1 atom stereocenters. The van der Waals surface area contributed by atoms with Crippen molar-refractivity contribution in [2.24, 2.45) is 0 Å². The fourth-order valence-corrected chi connectivity index (χ4v) is 7.01. The van der Waals surface area contributed by atoms with Gasteiger partial charge in [0.2, 0.25) is 5.91 Å². The van der Waals surface area contributed by atoms with Crippen LogP contribution in [0.4, 0.5) is 0 Å². The van der Waals surface area contributed by atoms with E-state index < -0.39 is 9.84 Å². The fraction of sp³-hybridized carbons (Fsp3) is 0.611. The molecule has 1 amide bonds. The SMILES string of the molecule is O=C(CSc1nnc(-c2cccs2)o1)N(C1CCCCC1)C1CCS(=O)(=O)C1. The summed E-state index contributed by atoms with van der Waals surface area (Å²) in [6, 6.07) is 3.76. The van der Waals surface area contributed by atoms with Gasteiger partial charge < -0.3 is 9.32 Å². The molecule has 2 aliphatic rings. The molecular weight excluding hydrogens is 418 g/mol. The van der Waals surface area contributed by atoms with Crippen LogP contribution in [0.25, 0.3) is 10.8 Å². The summed E-state index contributed by atoms with van der Waals surface area (Å²) in [6.45, 7) is 0. The van der Waals surface area contributed by atoms with E-state index in [9.17, 15) is 13.2 Å². The van der Waals surface area contributed by atoms with Gasteiger partial charge in [0.1, 0.15) is 0 Å². The highest BCUT2D eigenvalue weighted by atomic mass is 32.2. The lowest BCUT2D eigenvalue weighted by atomic mass is 9.93. The summed E-state index contributed by atoms with van der Waals surface area (Å²) >= 11 is 2.74. The van der Waals surface area contributed by atoms with Crippen LogP contribution in [0.5, 0.6) is 0 Å². The number of thiophene rings is 1. The number of carbonyl (C=O) groups is 1. The molecule has 1 saturated heterocycles. The van der Waals surface area contributed by atoms with Crippen LogP contribution in [-0.2, 0) is 14.6 Å². The van der Waals surface area contributed by atoms with E-state index in [1.807, 2.05) is 22.4 Å². The number of thioether (sulfide) groups is 1. The highest BCUT2D eigenvalue weighted by molar-refractivity contribution is 7.99. The zero-order chi connectivity index (χ0) is 19.6. The molecule has 1 aliphatic carbocycles. The van der Waals surface area contributed by atoms with Gasteiger partial charge in [0.05, 0.1) is 22.1 Å². The van der Waals surface area contributed by atoms with E-state index in [1.165, 1.54) is 29.5 Å². The molecule has 152 valence electrons. The lowest BCUT2D eigenvalue weighted by Crippen LogP contribution is -2.49. The van der Waals surface area contributed by atoms with Crippen LogP contribution < -0.4 is 0 Å². The van der Waals surface area contributed by atoms with E-state index >= 15 is 0 Å². The van der Waals surface area contributed by atoms with Crippen molar-refractivity contribution < 1.29 is 17.6 Å². The van der Waals surface area contributed by atoms with E-state index in [0.717, 1.165) is 30.6 Å². The van der Waals surface area contributed by atoms with Gasteiger partial charge in [0, 0.05) is 12.1 Å². The molecule has 1 saturated carbocycles. The Morgan fingerprint density at radius 1 is 1.21 bits per heavy atom. The van der Waals surface area contributed by atoms with Crippen molar-refractivity contribution in [2.45, 2.75) is 55.8 Å². The minimum atomic E-state index is -3.04. The third-order valence-electron chi connectivity index (χ3n) is 5.32. The molecule has 2 aromatic rings. The summed E-state index contributed by atoms with van der Waals surface area (Å²) in [5, 5.41) is 10.4. The van der Waals surface area contributed by atoms with Crippen LogP contribution in [0.3, 0.4) is 0 Å². The summed E-state index contributed by atoms with van der Waals surface area (Å²) in [7, 11) is -3.04. The Morgan fingerprint density at radius 2 is 2.04 bits per heavy atom. The van der Waals surface area contributed by atoms with Gasteiger partial charge in [-0.25, -0.2) is 8.42 Å². The lowest BCUT2D eigenvalue weighted by Gasteiger charge is -2.38. The van der Waals surface area contributed by atoms with E-state index in [0.29, 0.717) is 17.5 Å². The van der Waals surface area contributed by atoms with Crippen LogP contribution in [-0.4, -0.2) is 58.8 Å². The van der Waals surface area contributed by atoms with Crippen LogP contribution in [0.1, 0.15) is 38.5 Å². The Hall–Kier alpha value is -1.39. The molecule has 7 nitrogen and oxygen atoms in total. The van der Waals surface area contributed by atoms with Gasteiger partial charge in [-0.2, -0.15) is 0 Å². The number of hydrogen-bond donors (Lipinski definition) is 0. The largest absolute Gasteiger partial charge is 0.410 e. The van der Waals surface area contributed by atoms with E-state index in [4.69, 9.17) is 4.42 Å². The first kappa shape index (κ1) is 19.9. The Kier molecular flexibility index (Phi) is 6.07. The topological polar surface area (TPSA) is 93.4 Å². The quantitative estimate of drug-likeness (QED) is 0.635. The summed E-state index contributed by atoms with van der Waals surface area (Å²) in [5.74, 6) is 0.864. The standard InChI is InChI=1S/C18H23N3O4S3/c22-16(11-27-18-20-19-17(25-18)15-7-4-9-26-15)21(13-5-2-1-3-6-13)14-8-10-28(23,24)12-14/h4,7,9,13-14H,1-3,5-6,8,10-12H2. The van der Waals surface area contributed by atoms with Crippen LogP contribution in [0.15, 0.2) is 27.2 Å². The number of nitrogens with zero attached hydrogens (tertiary/aromatic N) is 3. The van der Waals surface area contributed by atoms with Gasteiger partial charge in [-0.1, -0.05) is 37.1 Å². The lowest BCUT2D eigenvalue weighted by molar-refractivity contribution is -0.133. The molecule has 2 fully saturated rings. The second-order valence-corrected chi connectivity index (χ2v) is 11.4. The Balaban J connectivity index is 1.43. The number of hydrogen-bond acceptors (Lipinski definition) is 8. The van der Waals surface area contributed by atoms with Gasteiger partial charge in [-0.15, -0.1) is 21.5 Å². The average molecular weight is 442 g/mol. The predicted molar refractivity (Wildman–Crippen MR) is 109 cm³/mol. The zero-order valence-electron chi connectivity index (χ0n) is 15.5. The summed E-state index contributed by atoms with van der Waals surface area (Å²) in [5.41, 5.74) is 0. The third kappa shape index (κ3) is 4.60. The van der Waals surface area contributed by atoms with Crippen LogP contribution >= 0.6 is 23.1 Å². The van der Waals surface area contributed by atoms with Crippen molar-refractivity contribution >= 4 is 38.8 Å². The molecule has 0 N–H and O–H groups in total. The first-order valence-electron chi connectivity index (χ1n) is 9.53. The van der Waals surface area contributed by atoms with E-state index in [1.54, 1.807) is 0 Å². The molecule has 0 bridgehead atoms. The van der Waals surface area contributed by atoms with Gasteiger partial charge in [0.25, 0.3) is 11.1 Å². The maximum atomic E-state index is 13.1. The fourth-order valence-electron chi connectivity index (χ4n) is 4.03. The zero-order valence-corrected chi connectivity index (χ0v) is 17.9. The average Bonchev–Trinajstić information content (AvgIpc) is 3.42. The molecule has 28 heavy (non-hydrogen) atoms. The monoisotopic (exact) mass is 441 g/mol. The van der Waals surface area contributed by atoms with Crippen LogP contribution in [0, 0.1) is 0 Å². The second kappa shape index (κ2) is 8.54. The minimum absolute atomic E-state index is 0.0325. The molecule has 10 heteroatoms. The first-order valence-corrected chi connectivity index (χ1v) is 13.2. The van der Waals surface area contributed by atoms with Crippen molar-refractivity contribution in [1.82, 2.24) is 15.1 Å². The van der Waals surface area contributed by atoms with Gasteiger partial charge >= 0.3 is 0 Å². The molecule has 0 aromatic carbocycles. The Morgan fingerprint density at radius 3 is 2.71 bits per heavy atom. The van der Waals surface area contributed by atoms with Crippen molar-refractivity contribution in [2.75, 3.05) is 17.3 Å². The number of aromatic nitrogens is 2. The number of sulfone groups is 1. The molecule has 4 rings (SSSR count). The van der Waals surface area contributed by atoms with Crippen molar-refractivity contribution in [3.8, 4) is 10.8 Å². The smallest absolute Gasteiger partial charge is 0.277 e. The van der Waals surface area contributed by atoms with Crippen molar-refractivity contribution in [1.29, 1.82) is 0 Å². The van der Waals surface area contributed by atoms with Crippen molar-refractivity contribution in [3.05, 3.63) is 17.5 Å². The second-order valence-electron chi connectivity index (χ2n) is 7.29. The number of amides is 1. The van der Waals surface area contributed by atoms with Gasteiger partial charge in [-0.05, 0) is 30.7 Å². The summed E-state index contributed by atoms with van der Waals surface area (Å²) < 4.78 is 29.6. The summed E-state index contributed by atoms with van der Waals surface area (Å²) in [6.07, 6.45) is 5.82. The Bertz CT molecular complexity index is 904. The number of carbonyl (C=O) groups excluding carboxylic acids is 1. The van der Waals surface area contributed by atoms with Gasteiger partial charge in [-0.3, -0.25) is 4.79 Å². The molecule has 1 aliphatic heterocycles. The third-order valence-corrected chi connectivity index (χ3v) is 8.73. The Labute approximate surface area is 172 Å². The van der Waals surface area contributed by atoms with Crippen molar-refractivity contribution in [3.63, 3.8) is 0 Å². The van der Waals surface area contributed by atoms with E-state index in [2.05, 4.69) is 10.2 Å². The maximum absolute atomic E-state index is 13.1. The molecule has 0 radical (unpaired) electrons. The first-order chi connectivity index (χ1) is 13.5. The van der Waals surface area contributed by atoms with E-state index in [-0.39, 0.29) is 35.2 Å². The van der Waals surface area contributed by atoms with Gasteiger partial charge in [0.15, 0.2) is 9.84 Å². The molecule has 0 spiro atoms. The highest BCUT2D eigenvalue weighted by Crippen LogP contribution is 2.30. The highest BCUT2D eigenvalue weighted by Gasteiger charge is 2.38. The maximum Gasteiger partial charge on any atom is 0.277 e. The molecule has 2 aromatic heterocycles. The number of rotatable bonds is 6. The summed E-state index contributed by atoms with van der Waals surface area (Å²) in [4.78, 5) is 15.8. The minimum Gasteiger partial charge on any atom is -0.410 e. The van der Waals surface area contributed by atoms with Crippen LogP contribution in [0.2, 0.25) is 0 Å². The predicted octanol–water partition coefficient (Wildman–Crippen LogP) is 3.24.